The molecule has 0 aromatic carbocycles. The van der Waals surface area contributed by atoms with Gasteiger partial charge in [-0.3, -0.25) is 23.7 Å². The molecule has 2 aromatic rings. The highest BCUT2D eigenvalue weighted by molar-refractivity contribution is 7.60. The van der Waals surface area contributed by atoms with E-state index in [1.54, 1.807) is 7.05 Å². The summed E-state index contributed by atoms with van der Waals surface area (Å²) < 4.78 is 52.2. The molecule has 4 rings (SSSR count). The molecule has 18 nitrogen and oxygen atoms in total. The summed E-state index contributed by atoms with van der Waals surface area (Å²) in [7, 11) is -8.98. The molecule has 200 valence electrons. The summed E-state index contributed by atoms with van der Waals surface area (Å²) in [6, 6.07) is 0. The van der Waals surface area contributed by atoms with Crippen LogP contribution in [0, 0.1) is 0 Å². The number of hydrogen-bond donors (Lipinski definition) is 6. The Kier molecular flexibility index (Phi) is 6.89. The van der Waals surface area contributed by atoms with Crippen molar-refractivity contribution in [1.29, 1.82) is 0 Å². The van der Waals surface area contributed by atoms with Crippen molar-refractivity contribution in [3.63, 3.8) is 0 Å². The molecule has 36 heavy (non-hydrogen) atoms. The second-order valence-corrected chi connectivity index (χ2v) is 11.2. The van der Waals surface area contributed by atoms with Gasteiger partial charge in [-0.1, -0.05) is 4.98 Å². The monoisotopic (exact) mass is 556 g/mol. The van der Waals surface area contributed by atoms with Crippen molar-refractivity contribution in [2.75, 3.05) is 12.3 Å². The number of nitrogens with zero attached hydrogens (tertiary/aromatic N) is 3. The fourth-order valence-corrected chi connectivity index (χ4v) is 5.77. The second-order valence-electron chi connectivity index (χ2n) is 8.35. The van der Waals surface area contributed by atoms with Gasteiger partial charge in [0.15, 0.2) is 12.1 Å². The van der Waals surface area contributed by atoms with Gasteiger partial charge < -0.3 is 39.7 Å². The minimum absolute atomic E-state index is 0.0550. The number of anilines is 1. The summed E-state index contributed by atoms with van der Waals surface area (Å²) in [5.41, 5.74) is 5.43. The molecule has 2 aromatic heterocycles. The zero-order valence-corrected chi connectivity index (χ0v) is 20.6. The van der Waals surface area contributed by atoms with Crippen molar-refractivity contribution in [2.45, 2.75) is 50.1 Å². The maximum Gasteiger partial charge on any atom is 0.481 e. The number of phosphoric acid groups is 2. The number of nitrogens with two attached hydrogens (primary N) is 1. The van der Waals surface area contributed by atoms with Crippen LogP contribution in [-0.2, 0) is 44.0 Å². The Balaban J connectivity index is 1.67. The number of nitrogen functional groups attached to an aromatic ring is 1. The largest absolute Gasteiger partial charge is 0.481 e. The van der Waals surface area contributed by atoms with Crippen LogP contribution in [0.2, 0.25) is 0 Å². The number of hydrogen-bond acceptors (Lipinski definition) is 11. The Morgan fingerprint density at radius 1 is 1.33 bits per heavy atom. The highest BCUT2D eigenvalue weighted by atomic mass is 31.3. The lowest BCUT2D eigenvalue weighted by Crippen LogP contribution is -2.46. The van der Waals surface area contributed by atoms with Crippen LogP contribution in [0.3, 0.4) is 0 Å². The molecular formula is C16H24N5O13P2+. The number of aliphatic carboxylic acids is 1. The molecule has 0 saturated carbocycles. The number of H-pyrrole nitrogens is 1. The van der Waals surface area contributed by atoms with Gasteiger partial charge >= 0.3 is 27.3 Å². The van der Waals surface area contributed by atoms with Crippen LogP contribution in [0.5, 0.6) is 0 Å². The van der Waals surface area contributed by atoms with Crippen LogP contribution in [0.4, 0.5) is 5.95 Å². The van der Waals surface area contributed by atoms with Gasteiger partial charge in [-0.15, -0.1) is 0 Å². The van der Waals surface area contributed by atoms with Crippen LogP contribution in [0.15, 0.2) is 11.1 Å². The van der Waals surface area contributed by atoms with Crippen LogP contribution in [0.1, 0.15) is 26.0 Å². The van der Waals surface area contributed by atoms with E-state index in [9.17, 15) is 23.6 Å². The number of carboxylic acids is 1. The van der Waals surface area contributed by atoms with Gasteiger partial charge in [0.05, 0.1) is 20.1 Å². The van der Waals surface area contributed by atoms with Gasteiger partial charge in [-0.05, 0) is 6.92 Å². The van der Waals surface area contributed by atoms with E-state index < -0.39 is 64.1 Å². The van der Waals surface area contributed by atoms with Crippen molar-refractivity contribution in [1.82, 2.24) is 14.5 Å². The molecule has 2 saturated heterocycles. The summed E-state index contributed by atoms with van der Waals surface area (Å²) in [5, 5.41) is 9.06. The first-order chi connectivity index (χ1) is 16.6. The average Bonchev–Trinajstić information content (AvgIpc) is 3.33. The average molecular weight is 556 g/mol. The number of imidazole rings is 1. The highest BCUT2D eigenvalue weighted by Gasteiger charge is 2.59. The standard InChI is InChI=1S/C16H23N5O13P2/c1-16(4-3-8(22)23)32-10-7(5-30-36(28,29)34-35(25,26)27)31-14(11(10)33-16)21-6-20(2)9-12(21)18-15(17)19-13(9)24/h6-7,10-11,14H,3-5H2,1-2H3,(H6-,17,18,19,22,23,24,25,26,27,28,29)/p+1/t7-,10?,11?,14-,16?/m1/s1. The lowest BCUT2D eigenvalue weighted by Gasteiger charge is -2.26. The number of aryl methyl sites for hydroxylation is 1. The smallest absolute Gasteiger partial charge is 0.481 e. The normalized spacial score (nSPS) is 29.9. The number of rotatable bonds is 9. The molecule has 6 atom stereocenters. The Morgan fingerprint density at radius 2 is 2.00 bits per heavy atom. The quantitative estimate of drug-likeness (QED) is 0.154. The molecule has 20 heteroatoms. The van der Waals surface area contributed by atoms with Gasteiger partial charge in [0.25, 0.3) is 11.5 Å². The van der Waals surface area contributed by atoms with Crippen molar-refractivity contribution in [3.05, 3.63) is 16.7 Å². The first-order valence-corrected chi connectivity index (χ1v) is 13.3. The van der Waals surface area contributed by atoms with E-state index in [2.05, 4.69) is 14.3 Å². The minimum atomic E-state index is -5.35. The molecule has 2 aliphatic heterocycles. The maximum absolute atomic E-state index is 12.4. The van der Waals surface area contributed by atoms with E-state index in [1.807, 2.05) is 0 Å². The zero-order valence-electron chi connectivity index (χ0n) is 18.8. The molecule has 0 amide bonds. The third kappa shape index (κ3) is 5.52. The third-order valence-electron chi connectivity index (χ3n) is 5.52. The number of aromatic amines is 1. The van der Waals surface area contributed by atoms with E-state index >= 15 is 0 Å². The SMILES string of the molecule is Cn1c[n+]([C@@H]2O[C@H](COP(=O)(O)OP(=O)(O)O)C3OC(C)(CCC(=O)O)OC32)c2nc(N)[nH]c(=O)c21. The first kappa shape index (κ1) is 26.8. The molecule has 4 unspecified atom stereocenters. The highest BCUT2D eigenvalue weighted by Crippen LogP contribution is 2.58. The van der Waals surface area contributed by atoms with Gasteiger partial charge in [-0.2, -0.15) is 4.31 Å². The number of fused-ring (bicyclic) bond motifs is 2. The Bertz CT molecular complexity index is 1340. The van der Waals surface area contributed by atoms with E-state index in [4.69, 9.17) is 39.4 Å². The lowest BCUT2D eigenvalue weighted by atomic mass is 10.1. The molecule has 7 N–H and O–H groups in total. The van der Waals surface area contributed by atoms with Crippen molar-refractivity contribution in [3.8, 4) is 0 Å². The summed E-state index contributed by atoms with van der Waals surface area (Å²) in [6.07, 6.45) is -3.04. The first-order valence-electron chi connectivity index (χ1n) is 10.3. The van der Waals surface area contributed by atoms with Crippen LogP contribution in [-0.4, -0.2) is 71.0 Å². The van der Waals surface area contributed by atoms with E-state index in [-0.39, 0.29) is 30.0 Å². The summed E-state index contributed by atoms with van der Waals surface area (Å²) in [4.78, 5) is 57.3. The zero-order chi connectivity index (χ0) is 26.6. The van der Waals surface area contributed by atoms with Crippen LogP contribution >= 0.6 is 15.6 Å². The van der Waals surface area contributed by atoms with E-state index in [0.717, 1.165) is 0 Å². The Hall–Kier alpha value is -2.24. The molecule has 4 heterocycles. The predicted octanol–water partition coefficient (Wildman–Crippen LogP) is -1.38. The van der Waals surface area contributed by atoms with Crippen molar-refractivity contribution < 1.29 is 61.3 Å². The Labute approximate surface area is 201 Å². The minimum Gasteiger partial charge on any atom is -0.481 e. The molecule has 0 spiro atoms. The topological polar surface area (TPSA) is 259 Å². The van der Waals surface area contributed by atoms with Crippen LogP contribution < -0.4 is 15.9 Å². The van der Waals surface area contributed by atoms with Crippen molar-refractivity contribution >= 4 is 38.7 Å². The van der Waals surface area contributed by atoms with Gasteiger partial charge in [0.2, 0.25) is 11.7 Å². The number of phosphoric ester groups is 1. The van der Waals surface area contributed by atoms with Gasteiger partial charge in [0.1, 0.15) is 18.3 Å². The van der Waals surface area contributed by atoms with Gasteiger partial charge in [-0.25, -0.2) is 13.7 Å². The van der Waals surface area contributed by atoms with Crippen LogP contribution in [0.25, 0.3) is 11.2 Å². The summed E-state index contributed by atoms with van der Waals surface area (Å²) in [6.45, 7) is 0.775. The molecular weight excluding hydrogens is 532 g/mol. The molecule has 2 fully saturated rings. The predicted molar refractivity (Wildman–Crippen MR) is 114 cm³/mol. The van der Waals surface area contributed by atoms with Gasteiger partial charge in [0, 0.05) is 6.42 Å². The second kappa shape index (κ2) is 9.25. The van der Waals surface area contributed by atoms with E-state index in [0.29, 0.717) is 0 Å². The molecule has 0 aliphatic carbocycles. The number of aromatic nitrogens is 4. The van der Waals surface area contributed by atoms with Crippen molar-refractivity contribution in [2.24, 2.45) is 7.05 Å². The molecule has 0 radical (unpaired) electrons. The fourth-order valence-electron chi connectivity index (χ4n) is 4.17. The fraction of sp³-hybridized carbons (Fsp3) is 0.625. The summed E-state index contributed by atoms with van der Waals surface area (Å²) in [5.74, 6) is -2.66. The van der Waals surface area contributed by atoms with E-state index in [1.165, 1.54) is 22.4 Å². The third-order valence-corrected chi connectivity index (χ3v) is 7.68. The Morgan fingerprint density at radius 3 is 2.64 bits per heavy atom. The maximum atomic E-state index is 12.4. The molecule has 2 aliphatic rings. The number of carbonyl (C=O) groups is 1. The lowest BCUT2D eigenvalue weighted by molar-refractivity contribution is -0.746. The number of ether oxygens (including phenoxy) is 3. The number of nitrogens with one attached hydrogen (secondary N) is 1. The number of carboxylic acid groups (broad SMARTS) is 1. The molecule has 0 bridgehead atoms. The summed E-state index contributed by atoms with van der Waals surface area (Å²) >= 11 is 0.